The van der Waals surface area contributed by atoms with E-state index in [0.29, 0.717) is 0 Å². The standard InChI is InChI=1S/C18H19N3/c1-3-21(14-8-6-13(2)7-9-14)17-11-10-16-15(18(17)19)5-4-12-20-16/h4-12H,3,19H2,1-2H3. The summed E-state index contributed by atoms with van der Waals surface area (Å²) in [6.45, 7) is 5.09. The van der Waals surface area contributed by atoms with E-state index in [9.17, 15) is 0 Å². The van der Waals surface area contributed by atoms with Gasteiger partial charge in [0.25, 0.3) is 0 Å². The first-order chi connectivity index (χ1) is 10.2. The molecule has 21 heavy (non-hydrogen) atoms. The van der Waals surface area contributed by atoms with E-state index < -0.39 is 0 Å². The Hall–Kier alpha value is -2.55. The van der Waals surface area contributed by atoms with Crippen molar-refractivity contribution in [1.29, 1.82) is 0 Å². The van der Waals surface area contributed by atoms with Crippen LogP contribution in [0.4, 0.5) is 17.1 Å². The number of nitrogen functional groups attached to an aromatic ring is 1. The fourth-order valence-corrected chi connectivity index (χ4v) is 2.62. The number of hydrogen-bond acceptors (Lipinski definition) is 3. The minimum absolute atomic E-state index is 0.781. The van der Waals surface area contributed by atoms with Crippen LogP contribution in [0.1, 0.15) is 12.5 Å². The molecule has 0 fully saturated rings. The van der Waals surface area contributed by atoms with E-state index >= 15 is 0 Å². The van der Waals surface area contributed by atoms with E-state index in [2.05, 4.69) is 48.0 Å². The predicted octanol–water partition coefficient (Wildman–Crippen LogP) is 4.28. The summed E-state index contributed by atoms with van der Waals surface area (Å²) in [5.74, 6) is 0. The van der Waals surface area contributed by atoms with E-state index in [1.165, 1.54) is 5.56 Å². The number of nitrogens with two attached hydrogens (primary N) is 1. The summed E-state index contributed by atoms with van der Waals surface area (Å²) in [6, 6.07) is 16.5. The Morgan fingerprint density at radius 1 is 1.05 bits per heavy atom. The van der Waals surface area contributed by atoms with E-state index in [4.69, 9.17) is 5.73 Å². The molecule has 0 saturated carbocycles. The van der Waals surface area contributed by atoms with Crippen molar-refractivity contribution in [2.24, 2.45) is 0 Å². The molecule has 0 spiro atoms. The first-order valence-electron chi connectivity index (χ1n) is 7.18. The topological polar surface area (TPSA) is 42.2 Å². The van der Waals surface area contributed by atoms with Crippen molar-refractivity contribution in [3.63, 3.8) is 0 Å². The first kappa shape index (κ1) is 13.4. The Balaban J connectivity index is 2.12. The largest absolute Gasteiger partial charge is 0.396 e. The maximum atomic E-state index is 6.38. The van der Waals surface area contributed by atoms with Gasteiger partial charge in [-0.2, -0.15) is 0 Å². The fourth-order valence-electron chi connectivity index (χ4n) is 2.62. The number of benzene rings is 2. The molecule has 0 bridgehead atoms. The highest BCUT2D eigenvalue weighted by atomic mass is 15.1. The highest BCUT2D eigenvalue weighted by molar-refractivity contribution is 5.98. The van der Waals surface area contributed by atoms with Crippen LogP contribution in [-0.4, -0.2) is 11.5 Å². The average molecular weight is 277 g/mol. The molecule has 0 aliphatic carbocycles. The summed E-state index contributed by atoms with van der Waals surface area (Å²) in [4.78, 5) is 6.58. The predicted molar refractivity (Wildman–Crippen MR) is 90.0 cm³/mol. The van der Waals surface area contributed by atoms with Gasteiger partial charge in [-0.15, -0.1) is 0 Å². The summed E-state index contributed by atoms with van der Waals surface area (Å²) in [7, 11) is 0. The Kier molecular flexibility index (Phi) is 3.48. The number of fused-ring (bicyclic) bond motifs is 1. The lowest BCUT2D eigenvalue weighted by molar-refractivity contribution is 1.03. The van der Waals surface area contributed by atoms with Gasteiger partial charge in [-0.05, 0) is 50.2 Å². The van der Waals surface area contributed by atoms with Crippen molar-refractivity contribution in [2.75, 3.05) is 17.2 Å². The van der Waals surface area contributed by atoms with Crippen molar-refractivity contribution in [1.82, 2.24) is 4.98 Å². The minimum Gasteiger partial charge on any atom is -0.396 e. The van der Waals surface area contributed by atoms with Gasteiger partial charge in [-0.1, -0.05) is 17.7 Å². The average Bonchev–Trinajstić information content (AvgIpc) is 2.52. The van der Waals surface area contributed by atoms with Crippen molar-refractivity contribution in [3.05, 3.63) is 60.3 Å². The summed E-state index contributed by atoms with van der Waals surface area (Å²) in [6.07, 6.45) is 1.79. The summed E-state index contributed by atoms with van der Waals surface area (Å²) in [5, 5.41) is 1.00. The first-order valence-corrected chi connectivity index (χ1v) is 7.18. The third-order valence-corrected chi connectivity index (χ3v) is 3.76. The van der Waals surface area contributed by atoms with Gasteiger partial charge in [0, 0.05) is 23.8 Å². The van der Waals surface area contributed by atoms with Crippen molar-refractivity contribution < 1.29 is 0 Å². The number of nitrogens with zero attached hydrogens (tertiary/aromatic N) is 2. The highest BCUT2D eigenvalue weighted by Crippen LogP contribution is 2.34. The molecule has 3 rings (SSSR count). The summed E-state index contributed by atoms with van der Waals surface area (Å²) in [5.41, 5.74) is 11.5. The van der Waals surface area contributed by atoms with Gasteiger partial charge >= 0.3 is 0 Å². The van der Waals surface area contributed by atoms with Crippen molar-refractivity contribution in [3.8, 4) is 0 Å². The monoisotopic (exact) mass is 277 g/mol. The molecule has 3 nitrogen and oxygen atoms in total. The third kappa shape index (κ3) is 2.42. The second kappa shape index (κ2) is 5.44. The van der Waals surface area contributed by atoms with Gasteiger partial charge in [-0.3, -0.25) is 4.98 Å². The molecule has 2 N–H and O–H groups in total. The van der Waals surface area contributed by atoms with Crippen molar-refractivity contribution in [2.45, 2.75) is 13.8 Å². The quantitative estimate of drug-likeness (QED) is 0.726. The lowest BCUT2D eigenvalue weighted by Gasteiger charge is -2.25. The van der Waals surface area contributed by atoms with Crippen LogP contribution >= 0.6 is 0 Å². The van der Waals surface area contributed by atoms with Crippen LogP contribution in [0.25, 0.3) is 10.9 Å². The highest BCUT2D eigenvalue weighted by Gasteiger charge is 2.12. The van der Waals surface area contributed by atoms with Crippen LogP contribution in [0.2, 0.25) is 0 Å². The van der Waals surface area contributed by atoms with Crippen LogP contribution in [0.15, 0.2) is 54.7 Å². The molecular formula is C18H19N3. The second-order valence-corrected chi connectivity index (χ2v) is 5.15. The molecule has 1 aromatic heterocycles. The van der Waals surface area contributed by atoms with Gasteiger partial charge in [0.05, 0.1) is 16.9 Å². The molecule has 0 aliphatic heterocycles. The maximum absolute atomic E-state index is 6.38. The van der Waals surface area contributed by atoms with Gasteiger partial charge in [0.2, 0.25) is 0 Å². The number of anilines is 3. The molecule has 3 aromatic rings. The number of pyridine rings is 1. The molecule has 2 aromatic carbocycles. The molecule has 0 aliphatic rings. The Morgan fingerprint density at radius 2 is 1.81 bits per heavy atom. The van der Waals surface area contributed by atoms with Crippen molar-refractivity contribution >= 4 is 28.0 Å². The lowest BCUT2D eigenvalue weighted by Crippen LogP contribution is -2.17. The molecule has 0 atom stereocenters. The lowest BCUT2D eigenvalue weighted by atomic mass is 10.1. The normalized spacial score (nSPS) is 10.8. The Morgan fingerprint density at radius 3 is 2.52 bits per heavy atom. The maximum Gasteiger partial charge on any atom is 0.0724 e. The fraction of sp³-hybridized carbons (Fsp3) is 0.167. The van der Waals surface area contributed by atoms with E-state index in [0.717, 1.165) is 34.5 Å². The molecule has 0 amide bonds. The van der Waals surface area contributed by atoms with Crippen LogP contribution in [0, 0.1) is 6.92 Å². The molecule has 1 heterocycles. The molecule has 0 radical (unpaired) electrons. The molecule has 0 unspecified atom stereocenters. The number of hydrogen-bond donors (Lipinski definition) is 1. The Bertz CT molecular complexity index is 763. The summed E-state index contributed by atoms with van der Waals surface area (Å²) >= 11 is 0. The van der Waals surface area contributed by atoms with Gasteiger partial charge in [0.1, 0.15) is 0 Å². The van der Waals surface area contributed by atoms with Crippen LogP contribution in [0.5, 0.6) is 0 Å². The van der Waals surface area contributed by atoms with E-state index in [1.807, 2.05) is 24.3 Å². The SMILES string of the molecule is CCN(c1ccc(C)cc1)c1ccc2ncccc2c1N. The minimum atomic E-state index is 0.781. The van der Waals surface area contributed by atoms with Crippen LogP contribution in [-0.2, 0) is 0 Å². The Labute approximate surface area is 125 Å². The third-order valence-electron chi connectivity index (χ3n) is 3.76. The van der Waals surface area contributed by atoms with E-state index in [1.54, 1.807) is 6.20 Å². The van der Waals surface area contributed by atoms with Crippen LogP contribution in [0.3, 0.4) is 0 Å². The molecule has 106 valence electrons. The van der Waals surface area contributed by atoms with Gasteiger partial charge in [0.15, 0.2) is 0 Å². The van der Waals surface area contributed by atoms with E-state index in [-0.39, 0.29) is 0 Å². The zero-order chi connectivity index (χ0) is 14.8. The second-order valence-electron chi connectivity index (χ2n) is 5.15. The summed E-state index contributed by atoms with van der Waals surface area (Å²) < 4.78 is 0. The molecular weight excluding hydrogens is 258 g/mol. The zero-order valence-corrected chi connectivity index (χ0v) is 12.4. The van der Waals surface area contributed by atoms with Gasteiger partial charge in [-0.25, -0.2) is 0 Å². The zero-order valence-electron chi connectivity index (χ0n) is 12.4. The number of rotatable bonds is 3. The smallest absolute Gasteiger partial charge is 0.0724 e. The molecule has 0 saturated heterocycles. The number of aryl methyl sites for hydroxylation is 1. The molecule has 3 heteroatoms. The number of aromatic nitrogens is 1. The van der Waals surface area contributed by atoms with Crippen LogP contribution < -0.4 is 10.6 Å². The van der Waals surface area contributed by atoms with Gasteiger partial charge < -0.3 is 10.6 Å².